The normalized spacial score (nSPS) is 13.1. The number of halogens is 4. The molecular formula is C28H25F4N3O3. The first-order valence-electron chi connectivity index (χ1n) is 11.7. The Morgan fingerprint density at radius 3 is 2.74 bits per heavy atom. The molecule has 1 aliphatic heterocycles. The number of nitrogens with one attached hydrogen (secondary N) is 1. The highest BCUT2D eigenvalue weighted by Gasteiger charge is 2.30. The molecule has 1 N–H and O–H groups in total. The summed E-state index contributed by atoms with van der Waals surface area (Å²) in [5.41, 5.74) is 1.90. The summed E-state index contributed by atoms with van der Waals surface area (Å²) in [5.74, 6) is 0.414. The zero-order valence-electron chi connectivity index (χ0n) is 20.5. The molecule has 38 heavy (non-hydrogen) atoms. The van der Waals surface area contributed by atoms with Crippen LogP contribution < -0.4 is 20.5 Å². The third-order valence-corrected chi connectivity index (χ3v) is 5.86. The molecule has 10 heteroatoms. The number of hydrogen-bond donors (Lipinski definition) is 1. The number of anilines is 1. The first-order valence-corrected chi connectivity index (χ1v) is 11.7. The van der Waals surface area contributed by atoms with Crippen molar-refractivity contribution in [2.45, 2.75) is 19.1 Å². The van der Waals surface area contributed by atoms with Crippen LogP contribution in [0.3, 0.4) is 0 Å². The molecule has 1 aliphatic rings. The Balaban J connectivity index is 1.45. The van der Waals surface area contributed by atoms with Crippen LogP contribution in [-0.4, -0.2) is 29.8 Å². The highest BCUT2D eigenvalue weighted by Crippen LogP contribution is 2.32. The minimum Gasteiger partial charge on any atom is -0.497 e. The van der Waals surface area contributed by atoms with Crippen molar-refractivity contribution in [2.24, 2.45) is 0 Å². The molecule has 0 unspecified atom stereocenters. The summed E-state index contributed by atoms with van der Waals surface area (Å²) < 4.78 is 64.5. The van der Waals surface area contributed by atoms with Crippen molar-refractivity contribution in [3.63, 3.8) is 0 Å². The van der Waals surface area contributed by atoms with Crippen LogP contribution in [0.2, 0.25) is 0 Å². The number of hydrogen-bond acceptors (Lipinski definition) is 5. The molecule has 0 atom stereocenters. The molecule has 0 spiro atoms. The number of aromatic nitrogens is 2. The second-order valence-corrected chi connectivity index (χ2v) is 8.49. The minimum absolute atomic E-state index is 0.0455. The van der Waals surface area contributed by atoms with E-state index < -0.39 is 23.3 Å². The smallest absolute Gasteiger partial charge is 0.416 e. The summed E-state index contributed by atoms with van der Waals surface area (Å²) in [5, 5.41) is 3.03. The standard InChI is InChI=1S/C28H25F4N3O3/c1-18(29)13-19(5-4-12-38-23-7-3-6-21(15-23)28(30,31)32)17-33-26-16-25-24-9-8-22(37-2)14-20(24)10-11-35(25)27(36)34-26/h3-9,13-16H,1,10-12,17H2,2H3,(H,33,34,36)/b5-4-,19-13+. The van der Waals surface area contributed by atoms with Crippen LogP contribution >= 0.6 is 0 Å². The highest BCUT2D eigenvalue weighted by atomic mass is 19.4. The molecule has 0 aliphatic carbocycles. The highest BCUT2D eigenvalue weighted by molar-refractivity contribution is 5.69. The van der Waals surface area contributed by atoms with E-state index in [2.05, 4.69) is 16.9 Å². The monoisotopic (exact) mass is 527 g/mol. The second kappa shape index (κ2) is 11.4. The number of nitrogens with zero attached hydrogens (tertiary/aromatic N) is 2. The molecule has 0 saturated heterocycles. The van der Waals surface area contributed by atoms with E-state index in [4.69, 9.17) is 9.47 Å². The van der Waals surface area contributed by atoms with E-state index in [1.165, 1.54) is 24.3 Å². The predicted molar refractivity (Wildman–Crippen MR) is 137 cm³/mol. The maximum atomic E-state index is 13.6. The number of fused-ring (bicyclic) bond motifs is 3. The molecule has 3 aromatic rings. The van der Waals surface area contributed by atoms with E-state index >= 15 is 0 Å². The van der Waals surface area contributed by atoms with Gasteiger partial charge in [0.25, 0.3) is 0 Å². The lowest BCUT2D eigenvalue weighted by molar-refractivity contribution is -0.137. The third-order valence-electron chi connectivity index (χ3n) is 5.86. The van der Waals surface area contributed by atoms with Crippen molar-refractivity contribution in [3.05, 3.63) is 106 Å². The van der Waals surface area contributed by atoms with Crippen LogP contribution in [0.5, 0.6) is 11.5 Å². The van der Waals surface area contributed by atoms with Gasteiger partial charge in [-0.15, -0.1) is 0 Å². The molecule has 2 heterocycles. The molecule has 0 bridgehead atoms. The second-order valence-electron chi connectivity index (χ2n) is 8.49. The minimum atomic E-state index is -4.47. The first-order chi connectivity index (χ1) is 18.1. The lowest BCUT2D eigenvalue weighted by atomic mass is 9.97. The summed E-state index contributed by atoms with van der Waals surface area (Å²) in [6, 6.07) is 12.0. The summed E-state index contributed by atoms with van der Waals surface area (Å²) in [4.78, 5) is 16.8. The fourth-order valence-electron chi connectivity index (χ4n) is 4.08. The van der Waals surface area contributed by atoms with E-state index in [0.29, 0.717) is 30.1 Å². The van der Waals surface area contributed by atoms with E-state index in [0.717, 1.165) is 29.0 Å². The van der Waals surface area contributed by atoms with Gasteiger partial charge in [-0.25, -0.2) is 9.18 Å². The van der Waals surface area contributed by atoms with Crippen molar-refractivity contribution < 1.29 is 27.0 Å². The van der Waals surface area contributed by atoms with Crippen LogP contribution in [-0.2, 0) is 19.1 Å². The van der Waals surface area contributed by atoms with Crippen LogP contribution in [0.25, 0.3) is 11.3 Å². The molecule has 4 rings (SSSR count). The van der Waals surface area contributed by atoms with Crippen molar-refractivity contribution in [1.29, 1.82) is 0 Å². The van der Waals surface area contributed by atoms with Gasteiger partial charge in [0.1, 0.15) is 29.8 Å². The molecule has 0 fully saturated rings. The molecule has 0 radical (unpaired) electrons. The van der Waals surface area contributed by atoms with Gasteiger partial charge in [-0.2, -0.15) is 18.2 Å². The van der Waals surface area contributed by atoms with Crippen LogP contribution in [0.4, 0.5) is 23.4 Å². The van der Waals surface area contributed by atoms with E-state index in [1.54, 1.807) is 23.8 Å². The molecule has 2 aromatic carbocycles. The molecule has 1 aromatic heterocycles. The van der Waals surface area contributed by atoms with E-state index in [9.17, 15) is 22.4 Å². The lowest BCUT2D eigenvalue weighted by Gasteiger charge is -2.22. The van der Waals surface area contributed by atoms with Crippen LogP contribution in [0.1, 0.15) is 11.1 Å². The Hall–Kier alpha value is -4.34. The van der Waals surface area contributed by atoms with Gasteiger partial charge < -0.3 is 14.8 Å². The Kier molecular flexibility index (Phi) is 7.99. The molecule has 0 amide bonds. The average Bonchev–Trinajstić information content (AvgIpc) is 2.88. The number of rotatable bonds is 9. The molecule has 6 nitrogen and oxygen atoms in total. The Morgan fingerprint density at radius 1 is 1.18 bits per heavy atom. The van der Waals surface area contributed by atoms with Gasteiger partial charge in [-0.05, 0) is 66.1 Å². The predicted octanol–water partition coefficient (Wildman–Crippen LogP) is 5.95. The van der Waals surface area contributed by atoms with Crippen molar-refractivity contribution in [1.82, 2.24) is 9.55 Å². The largest absolute Gasteiger partial charge is 0.497 e. The van der Waals surface area contributed by atoms with Crippen molar-refractivity contribution in [3.8, 4) is 22.8 Å². The number of benzene rings is 2. The Morgan fingerprint density at radius 2 is 2.00 bits per heavy atom. The Bertz CT molecular complexity index is 1460. The summed E-state index contributed by atoms with van der Waals surface area (Å²) >= 11 is 0. The van der Waals surface area contributed by atoms with Gasteiger partial charge in [0, 0.05) is 24.7 Å². The lowest BCUT2D eigenvalue weighted by Crippen LogP contribution is -2.29. The maximum absolute atomic E-state index is 13.6. The quantitative estimate of drug-likeness (QED) is 0.275. The number of alkyl halides is 3. The van der Waals surface area contributed by atoms with Gasteiger partial charge in [-0.3, -0.25) is 4.57 Å². The average molecular weight is 528 g/mol. The molecule has 198 valence electrons. The summed E-state index contributed by atoms with van der Waals surface area (Å²) in [6.07, 6.45) is 0.488. The van der Waals surface area contributed by atoms with Gasteiger partial charge >= 0.3 is 11.9 Å². The fourth-order valence-corrected chi connectivity index (χ4v) is 4.08. The van der Waals surface area contributed by atoms with Gasteiger partial charge in [0.05, 0.1) is 18.4 Å². The van der Waals surface area contributed by atoms with Crippen LogP contribution in [0.15, 0.2) is 89.5 Å². The number of methoxy groups -OCH3 is 1. The SMILES string of the molecule is C=C(F)/C=C(\C=C/COc1cccc(C(F)(F)F)c1)CNc1cc2n(c(=O)n1)CCc1cc(OC)ccc1-2. The van der Waals surface area contributed by atoms with Crippen molar-refractivity contribution in [2.75, 3.05) is 25.6 Å². The summed E-state index contributed by atoms with van der Waals surface area (Å²) in [7, 11) is 1.60. The molecule has 0 saturated carbocycles. The van der Waals surface area contributed by atoms with Gasteiger partial charge in [0.2, 0.25) is 0 Å². The third kappa shape index (κ3) is 6.50. The Labute approximate surface area is 216 Å². The van der Waals surface area contributed by atoms with Crippen molar-refractivity contribution >= 4 is 5.82 Å². The van der Waals surface area contributed by atoms with E-state index in [-0.39, 0.29) is 18.9 Å². The fraction of sp³-hybridized carbons (Fsp3) is 0.214. The topological polar surface area (TPSA) is 65.4 Å². The van der Waals surface area contributed by atoms with Crippen LogP contribution in [0, 0.1) is 0 Å². The van der Waals surface area contributed by atoms with Gasteiger partial charge in [0.15, 0.2) is 0 Å². The first kappa shape index (κ1) is 26.7. The zero-order chi connectivity index (χ0) is 27.3. The maximum Gasteiger partial charge on any atom is 0.416 e. The molecular weight excluding hydrogens is 502 g/mol. The van der Waals surface area contributed by atoms with E-state index in [1.807, 2.05) is 18.2 Å². The number of ether oxygens (including phenoxy) is 2. The number of aryl methyl sites for hydroxylation is 1. The zero-order valence-corrected chi connectivity index (χ0v) is 20.5. The summed E-state index contributed by atoms with van der Waals surface area (Å²) in [6.45, 7) is 3.80. The van der Waals surface area contributed by atoms with Gasteiger partial charge in [-0.1, -0.05) is 18.7 Å². The number of allylic oxidation sites excluding steroid dienone is 2.